The van der Waals surface area contributed by atoms with Crippen molar-refractivity contribution >= 4 is 45.3 Å². The Balaban J connectivity index is 4.68. The van der Waals surface area contributed by atoms with Crippen LogP contribution in [0.1, 0.15) is 40.5 Å². The van der Waals surface area contributed by atoms with Crippen LogP contribution in [0.5, 0.6) is 0 Å². The Bertz CT molecular complexity index is 475. The minimum absolute atomic E-state index is 0.142. The van der Waals surface area contributed by atoms with Crippen molar-refractivity contribution in [2.24, 2.45) is 5.73 Å². The molecule has 0 aliphatic heterocycles. The van der Waals surface area contributed by atoms with Crippen molar-refractivity contribution in [1.29, 1.82) is 0 Å². The van der Waals surface area contributed by atoms with Crippen LogP contribution in [0.25, 0.3) is 0 Å². The van der Waals surface area contributed by atoms with Crippen LogP contribution >= 0.6 is 21.6 Å². The molecule has 2 atom stereocenters. The van der Waals surface area contributed by atoms with Crippen molar-refractivity contribution in [3.05, 3.63) is 0 Å². The molecule has 0 aliphatic carbocycles. The fraction of sp³-hybridized carbons (Fsp3) is 0.750. The number of nitrogens with zero attached hydrogens (tertiary/aromatic N) is 1. The second-order valence-corrected chi connectivity index (χ2v) is 7.99. The SMILES string of the molecule is CCCOC(=O)C(N)CSSCC(C(=O)OCCC)N(C(C)=O)C(C)=O. The first-order valence-corrected chi connectivity index (χ1v) is 10.9. The van der Waals surface area contributed by atoms with Crippen molar-refractivity contribution in [3.63, 3.8) is 0 Å². The van der Waals surface area contributed by atoms with Gasteiger partial charge in [-0.25, -0.2) is 4.79 Å². The summed E-state index contributed by atoms with van der Waals surface area (Å²) in [5, 5.41) is 0. The summed E-state index contributed by atoms with van der Waals surface area (Å²) in [6.07, 6.45) is 1.35. The maximum Gasteiger partial charge on any atom is 0.330 e. The van der Waals surface area contributed by atoms with Gasteiger partial charge in [0.05, 0.1) is 13.2 Å². The van der Waals surface area contributed by atoms with Crippen LogP contribution in [-0.2, 0) is 28.7 Å². The summed E-state index contributed by atoms with van der Waals surface area (Å²) in [5.74, 6) is -1.74. The third-order valence-corrected chi connectivity index (χ3v) is 5.45. The number of esters is 2. The first-order chi connectivity index (χ1) is 12.3. The van der Waals surface area contributed by atoms with E-state index in [-0.39, 0.29) is 18.1 Å². The van der Waals surface area contributed by atoms with Gasteiger partial charge in [-0.3, -0.25) is 19.3 Å². The molecule has 2 N–H and O–H groups in total. The zero-order valence-corrected chi connectivity index (χ0v) is 17.3. The molecule has 0 aliphatic rings. The molecule has 0 fully saturated rings. The highest BCUT2D eigenvalue weighted by Crippen LogP contribution is 2.25. The molecule has 0 heterocycles. The van der Waals surface area contributed by atoms with Gasteiger partial charge in [-0.2, -0.15) is 0 Å². The molecule has 0 saturated carbocycles. The van der Waals surface area contributed by atoms with Gasteiger partial charge in [-0.15, -0.1) is 0 Å². The molecule has 2 amide bonds. The molecule has 0 aromatic heterocycles. The number of amides is 2. The number of carbonyl (C=O) groups is 4. The van der Waals surface area contributed by atoms with Crippen LogP contribution in [-0.4, -0.2) is 65.5 Å². The van der Waals surface area contributed by atoms with Crippen LogP contribution in [0.4, 0.5) is 0 Å². The maximum absolute atomic E-state index is 12.2. The minimum Gasteiger partial charge on any atom is -0.465 e. The van der Waals surface area contributed by atoms with Gasteiger partial charge in [0.25, 0.3) is 0 Å². The fourth-order valence-electron chi connectivity index (χ4n) is 1.82. The molecule has 0 saturated heterocycles. The molecule has 0 spiro atoms. The van der Waals surface area contributed by atoms with Crippen molar-refractivity contribution in [2.75, 3.05) is 24.7 Å². The molecule has 2 unspecified atom stereocenters. The van der Waals surface area contributed by atoms with Gasteiger partial charge in [-0.05, 0) is 12.8 Å². The van der Waals surface area contributed by atoms with Gasteiger partial charge in [-0.1, -0.05) is 35.4 Å². The number of hydrogen-bond acceptors (Lipinski definition) is 9. The molecule has 0 aromatic rings. The Labute approximate surface area is 162 Å². The second-order valence-electron chi connectivity index (χ2n) is 5.43. The van der Waals surface area contributed by atoms with E-state index in [1.54, 1.807) is 0 Å². The Kier molecular flexibility index (Phi) is 13.2. The lowest BCUT2D eigenvalue weighted by Gasteiger charge is -2.26. The smallest absolute Gasteiger partial charge is 0.330 e. The average Bonchev–Trinajstić information content (AvgIpc) is 2.58. The normalized spacial score (nSPS) is 12.8. The van der Waals surface area contributed by atoms with Gasteiger partial charge in [0, 0.05) is 25.4 Å². The molecule has 0 aromatic carbocycles. The first-order valence-electron chi connectivity index (χ1n) is 8.39. The highest BCUT2D eigenvalue weighted by Gasteiger charge is 2.32. The number of rotatable bonds is 12. The van der Waals surface area contributed by atoms with E-state index in [1.807, 2.05) is 13.8 Å². The zero-order chi connectivity index (χ0) is 20.1. The molecule has 0 radical (unpaired) electrons. The van der Waals surface area contributed by atoms with Gasteiger partial charge >= 0.3 is 11.9 Å². The lowest BCUT2D eigenvalue weighted by Crippen LogP contribution is -2.49. The van der Waals surface area contributed by atoms with E-state index in [1.165, 1.54) is 35.4 Å². The number of hydrogen-bond donors (Lipinski definition) is 1. The predicted octanol–water partition coefficient (Wildman–Crippen LogP) is 1.37. The van der Waals surface area contributed by atoms with Gasteiger partial charge in [0.1, 0.15) is 12.1 Å². The Morgan fingerprint density at radius 2 is 1.35 bits per heavy atom. The summed E-state index contributed by atoms with van der Waals surface area (Å²) in [4.78, 5) is 48.2. The molecular weight excluding hydrogens is 380 g/mol. The fourth-order valence-corrected chi connectivity index (χ4v) is 4.11. The van der Waals surface area contributed by atoms with E-state index in [0.29, 0.717) is 19.4 Å². The number of ether oxygens (including phenoxy) is 2. The largest absolute Gasteiger partial charge is 0.465 e. The molecule has 150 valence electrons. The molecule has 0 rings (SSSR count). The van der Waals surface area contributed by atoms with E-state index in [2.05, 4.69) is 0 Å². The van der Waals surface area contributed by atoms with Crippen molar-refractivity contribution < 1.29 is 28.7 Å². The first kappa shape index (κ1) is 24.7. The van der Waals surface area contributed by atoms with Crippen molar-refractivity contribution in [1.82, 2.24) is 4.90 Å². The summed E-state index contributed by atoms with van der Waals surface area (Å²) in [6.45, 7) is 6.71. The monoisotopic (exact) mass is 408 g/mol. The van der Waals surface area contributed by atoms with E-state index >= 15 is 0 Å². The Morgan fingerprint density at radius 1 is 0.885 bits per heavy atom. The summed E-state index contributed by atoms with van der Waals surface area (Å²) in [7, 11) is 2.51. The van der Waals surface area contributed by atoms with Crippen molar-refractivity contribution in [3.8, 4) is 0 Å². The summed E-state index contributed by atoms with van der Waals surface area (Å²) < 4.78 is 10.0. The van der Waals surface area contributed by atoms with Gasteiger partial charge < -0.3 is 15.2 Å². The average molecular weight is 409 g/mol. The van der Waals surface area contributed by atoms with Crippen LogP contribution in [0, 0.1) is 0 Å². The lowest BCUT2D eigenvalue weighted by molar-refractivity contribution is -0.159. The van der Waals surface area contributed by atoms with E-state index < -0.39 is 35.8 Å². The quantitative estimate of drug-likeness (QED) is 0.290. The number of carbonyl (C=O) groups excluding carboxylic acids is 4. The molecule has 10 heteroatoms. The summed E-state index contributed by atoms with van der Waals surface area (Å²) in [5.41, 5.74) is 5.74. The molecular formula is C16H28N2O6S2. The van der Waals surface area contributed by atoms with E-state index in [4.69, 9.17) is 15.2 Å². The molecule has 0 bridgehead atoms. The van der Waals surface area contributed by atoms with E-state index in [9.17, 15) is 19.2 Å². The topological polar surface area (TPSA) is 116 Å². The predicted molar refractivity (Wildman–Crippen MR) is 102 cm³/mol. The van der Waals surface area contributed by atoms with Crippen molar-refractivity contribution in [2.45, 2.75) is 52.6 Å². The summed E-state index contributed by atoms with van der Waals surface area (Å²) in [6, 6.07) is -1.79. The maximum atomic E-state index is 12.2. The van der Waals surface area contributed by atoms with Crippen LogP contribution in [0.15, 0.2) is 0 Å². The summed E-state index contributed by atoms with van der Waals surface area (Å²) >= 11 is 0. The van der Waals surface area contributed by atoms with E-state index in [0.717, 1.165) is 4.90 Å². The third kappa shape index (κ3) is 9.44. The Hall–Kier alpha value is -1.26. The van der Waals surface area contributed by atoms with Gasteiger partial charge in [0.2, 0.25) is 11.8 Å². The highest BCUT2D eigenvalue weighted by molar-refractivity contribution is 8.76. The lowest BCUT2D eigenvalue weighted by atomic mass is 10.2. The number of imide groups is 1. The van der Waals surface area contributed by atoms with Crippen LogP contribution in [0.3, 0.4) is 0 Å². The molecule has 8 nitrogen and oxygen atoms in total. The van der Waals surface area contributed by atoms with Crippen LogP contribution in [0.2, 0.25) is 0 Å². The standard InChI is InChI=1S/C16H28N2O6S2/c1-5-7-23-15(21)13(17)9-25-26-10-14(16(22)24-8-6-2)18(11(3)19)12(4)20/h13-14H,5-10,17H2,1-4H3. The Morgan fingerprint density at radius 3 is 1.81 bits per heavy atom. The highest BCUT2D eigenvalue weighted by atomic mass is 33.1. The molecule has 26 heavy (non-hydrogen) atoms. The van der Waals surface area contributed by atoms with Gasteiger partial charge in [0.15, 0.2) is 0 Å². The third-order valence-electron chi connectivity index (χ3n) is 3.02. The van der Waals surface area contributed by atoms with Crippen LogP contribution < -0.4 is 5.73 Å². The second kappa shape index (κ2) is 13.9. The zero-order valence-electron chi connectivity index (χ0n) is 15.7. The minimum atomic E-state index is -1.02. The number of nitrogens with two attached hydrogens (primary N) is 1.